The molecule has 2 aliphatic heterocycles. The van der Waals surface area contributed by atoms with Gasteiger partial charge in [-0.15, -0.1) is 0 Å². The summed E-state index contributed by atoms with van der Waals surface area (Å²) in [5.74, 6) is -2.86. The predicted molar refractivity (Wildman–Crippen MR) is 119 cm³/mol. The third kappa shape index (κ3) is 4.72. The molecule has 0 spiro atoms. The van der Waals surface area contributed by atoms with E-state index in [1.165, 1.54) is 0 Å². The number of halogens is 3. The van der Waals surface area contributed by atoms with E-state index in [-0.39, 0.29) is 18.2 Å². The Labute approximate surface area is 193 Å². The van der Waals surface area contributed by atoms with E-state index < -0.39 is 30.2 Å². The Bertz CT molecular complexity index is 1050. The van der Waals surface area contributed by atoms with Crippen LogP contribution in [0.25, 0.3) is 0 Å². The Hall–Kier alpha value is -2.52. The van der Waals surface area contributed by atoms with Gasteiger partial charge in [-0.1, -0.05) is 46.9 Å². The molecule has 4 rings (SSSR count). The first-order valence-corrected chi connectivity index (χ1v) is 10.6. The van der Waals surface area contributed by atoms with E-state index in [4.69, 9.17) is 34.8 Å². The van der Waals surface area contributed by atoms with Crippen molar-refractivity contribution >= 4 is 63.9 Å². The molecule has 2 aromatic rings. The molecule has 0 aliphatic carbocycles. The number of para-hydroxylation sites is 1. The monoisotopic (exact) mass is 481 g/mol. The van der Waals surface area contributed by atoms with Crippen LogP contribution in [0.15, 0.2) is 42.5 Å². The quantitative estimate of drug-likeness (QED) is 0.460. The fraction of sp³-hybridized carbons (Fsp3) is 0.250. The van der Waals surface area contributed by atoms with Gasteiger partial charge in [0.1, 0.15) is 0 Å². The van der Waals surface area contributed by atoms with Crippen molar-refractivity contribution in [2.24, 2.45) is 11.8 Å². The highest BCUT2D eigenvalue weighted by molar-refractivity contribution is 6.36. The summed E-state index contributed by atoms with van der Waals surface area (Å²) in [6.07, 6.45) is -1.59. The maximum atomic E-state index is 12.9. The minimum atomic E-state index is -0.873. The lowest BCUT2D eigenvalue weighted by atomic mass is 9.81. The number of hydrogen-bond acceptors (Lipinski definition) is 5. The summed E-state index contributed by atoms with van der Waals surface area (Å²) in [4.78, 5) is 38.1. The first-order chi connectivity index (χ1) is 14.8. The molecule has 2 heterocycles. The second kappa shape index (κ2) is 8.92. The smallest absolute Gasteiger partial charge is 0.229 e. The van der Waals surface area contributed by atoms with Crippen molar-refractivity contribution in [3.63, 3.8) is 0 Å². The molecule has 2 aliphatic rings. The summed E-state index contributed by atoms with van der Waals surface area (Å²) in [5.41, 5.74) is 0.954. The number of piperidine rings is 1. The molecule has 31 heavy (non-hydrogen) atoms. The molecule has 4 unspecified atom stereocenters. The highest BCUT2D eigenvalue weighted by atomic mass is 35.5. The molecule has 11 heteroatoms. The average molecular weight is 483 g/mol. The minimum Gasteiger partial charge on any atom is -0.352 e. The molecule has 0 radical (unpaired) electrons. The summed E-state index contributed by atoms with van der Waals surface area (Å²) >= 11 is 18.2. The zero-order valence-electron chi connectivity index (χ0n) is 15.9. The van der Waals surface area contributed by atoms with Crippen LogP contribution in [0.2, 0.25) is 15.1 Å². The minimum absolute atomic E-state index is 0.117. The van der Waals surface area contributed by atoms with E-state index >= 15 is 0 Å². The summed E-state index contributed by atoms with van der Waals surface area (Å²) in [6.45, 7) is 0. The fourth-order valence-electron chi connectivity index (χ4n) is 3.70. The van der Waals surface area contributed by atoms with Gasteiger partial charge in [-0.3, -0.25) is 19.7 Å². The van der Waals surface area contributed by atoms with Crippen LogP contribution in [-0.4, -0.2) is 30.2 Å². The number of benzene rings is 2. The van der Waals surface area contributed by atoms with Crippen LogP contribution >= 0.6 is 34.8 Å². The number of carbonyl (C=O) groups excluding carboxylic acids is 3. The van der Waals surface area contributed by atoms with Crippen LogP contribution in [0.1, 0.15) is 6.42 Å². The maximum absolute atomic E-state index is 12.9. The standard InChI is InChI=1S/C20H18Cl3N5O3/c21-9-5-6-14(12(23)7-9)25-20-27-17-16(19(31)28-20)10(8-15(29)26-17)18(30)24-13-4-2-1-3-11(13)22/h1-7,10,16-17,20,25,27H,8H2,(H,24,30)(H,26,29)(H,28,31). The molecule has 4 atom stereocenters. The molecule has 0 bridgehead atoms. The largest absolute Gasteiger partial charge is 0.352 e. The highest BCUT2D eigenvalue weighted by Crippen LogP contribution is 2.30. The first kappa shape index (κ1) is 21.7. The van der Waals surface area contributed by atoms with Crippen molar-refractivity contribution in [3.8, 4) is 0 Å². The summed E-state index contributed by atoms with van der Waals surface area (Å²) in [7, 11) is 0. The van der Waals surface area contributed by atoms with E-state index in [1.807, 2.05) is 0 Å². The summed E-state index contributed by atoms with van der Waals surface area (Å²) < 4.78 is 0. The Balaban J connectivity index is 1.50. The first-order valence-electron chi connectivity index (χ1n) is 9.44. The van der Waals surface area contributed by atoms with Crippen molar-refractivity contribution < 1.29 is 14.4 Å². The van der Waals surface area contributed by atoms with Crippen molar-refractivity contribution in [2.45, 2.75) is 18.9 Å². The molecule has 3 amide bonds. The van der Waals surface area contributed by atoms with Gasteiger partial charge < -0.3 is 21.3 Å². The lowest BCUT2D eigenvalue weighted by Crippen LogP contribution is -2.72. The summed E-state index contributed by atoms with van der Waals surface area (Å²) in [6, 6.07) is 11.6. The van der Waals surface area contributed by atoms with Crippen LogP contribution in [0.5, 0.6) is 0 Å². The predicted octanol–water partition coefficient (Wildman–Crippen LogP) is 2.78. The second-order valence-electron chi connectivity index (χ2n) is 7.23. The molecule has 5 N–H and O–H groups in total. The van der Waals surface area contributed by atoms with Gasteiger partial charge in [0.2, 0.25) is 17.7 Å². The lowest BCUT2D eigenvalue weighted by Gasteiger charge is -2.43. The number of nitrogens with one attached hydrogen (secondary N) is 5. The van der Waals surface area contributed by atoms with Crippen molar-refractivity contribution in [2.75, 3.05) is 10.6 Å². The third-order valence-corrected chi connectivity index (χ3v) is 6.03. The van der Waals surface area contributed by atoms with Gasteiger partial charge >= 0.3 is 0 Å². The van der Waals surface area contributed by atoms with Crippen LogP contribution in [-0.2, 0) is 14.4 Å². The molecule has 8 nitrogen and oxygen atoms in total. The van der Waals surface area contributed by atoms with Gasteiger partial charge in [0, 0.05) is 11.4 Å². The number of amides is 3. The van der Waals surface area contributed by atoms with Crippen LogP contribution < -0.4 is 26.6 Å². The third-order valence-electron chi connectivity index (χ3n) is 5.15. The number of fused-ring (bicyclic) bond motifs is 1. The molecule has 2 saturated heterocycles. The van der Waals surface area contributed by atoms with E-state index in [0.29, 0.717) is 26.4 Å². The van der Waals surface area contributed by atoms with Gasteiger partial charge in [-0.05, 0) is 30.3 Å². The number of anilines is 2. The summed E-state index contributed by atoms with van der Waals surface area (Å²) in [5, 5.41) is 15.6. The Morgan fingerprint density at radius 1 is 0.968 bits per heavy atom. The van der Waals surface area contributed by atoms with Gasteiger partial charge in [-0.25, -0.2) is 0 Å². The molecule has 162 valence electrons. The van der Waals surface area contributed by atoms with Crippen molar-refractivity contribution in [1.82, 2.24) is 16.0 Å². The molecule has 2 aromatic carbocycles. The van der Waals surface area contributed by atoms with Gasteiger partial charge in [-0.2, -0.15) is 0 Å². The second-order valence-corrected chi connectivity index (χ2v) is 8.48. The van der Waals surface area contributed by atoms with Crippen molar-refractivity contribution in [3.05, 3.63) is 57.5 Å². The van der Waals surface area contributed by atoms with Gasteiger partial charge in [0.05, 0.1) is 39.4 Å². The molecular weight excluding hydrogens is 465 g/mol. The van der Waals surface area contributed by atoms with Crippen LogP contribution in [0.3, 0.4) is 0 Å². The van der Waals surface area contributed by atoms with Crippen LogP contribution in [0, 0.1) is 11.8 Å². The highest BCUT2D eigenvalue weighted by Gasteiger charge is 2.48. The average Bonchev–Trinajstić information content (AvgIpc) is 2.71. The maximum Gasteiger partial charge on any atom is 0.229 e. The topological polar surface area (TPSA) is 111 Å². The number of hydrogen-bond donors (Lipinski definition) is 5. The zero-order valence-corrected chi connectivity index (χ0v) is 18.2. The van der Waals surface area contributed by atoms with Crippen molar-refractivity contribution in [1.29, 1.82) is 0 Å². The van der Waals surface area contributed by atoms with Crippen LogP contribution in [0.4, 0.5) is 11.4 Å². The van der Waals surface area contributed by atoms with E-state index in [9.17, 15) is 14.4 Å². The Morgan fingerprint density at radius 3 is 2.48 bits per heavy atom. The lowest BCUT2D eigenvalue weighted by molar-refractivity contribution is -0.144. The Morgan fingerprint density at radius 2 is 1.74 bits per heavy atom. The number of rotatable bonds is 4. The zero-order chi connectivity index (χ0) is 22.1. The molecule has 0 saturated carbocycles. The SMILES string of the molecule is O=C1CC(C(=O)Nc2ccccc2Cl)C2C(=O)NC(Nc3ccc(Cl)cc3Cl)NC2N1. The van der Waals surface area contributed by atoms with E-state index in [0.717, 1.165) is 0 Å². The fourth-order valence-corrected chi connectivity index (χ4v) is 4.35. The molecule has 0 aromatic heterocycles. The molecular formula is C20H18Cl3N5O3. The number of carbonyl (C=O) groups is 3. The molecule has 2 fully saturated rings. The van der Waals surface area contributed by atoms with E-state index in [1.54, 1.807) is 42.5 Å². The van der Waals surface area contributed by atoms with E-state index in [2.05, 4.69) is 26.6 Å². The Kier molecular flexibility index (Phi) is 6.24. The normalized spacial score (nSPS) is 25.1. The van der Waals surface area contributed by atoms with Gasteiger partial charge in [0.25, 0.3) is 0 Å². The van der Waals surface area contributed by atoms with Gasteiger partial charge in [0.15, 0.2) is 6.29 Å².